The fourth-order valence-corrected chi connectivity index (χ4v) is 2.55. The Hall–Kier alpha value is -1.88. The number of carbonyl (C=O) groups is 1. The van der Waals surface area contributed by atoms with Gasteiger partial charge in [0.2, 0.25) is 0 Å². The van der Waals surface area contributed by atoms with Crippen LogP contribution in [-0.2, 0) is 0 Å². The summed E-state index contributed by atoms with van der Waals surface area (Å²) in [6, 6.07) is 6.98. The van der Waals surface area contributed by atoms with Gasteiger partial charge >= 0.3 is 5.97 Å². The zero-order chi connectivity index (χ0) is 14.0. The van der Waals surface area contributed by atoms with Crippen molar-refractivity contribution < 1.29 is 9.90 Å². The summed E-state index contributed by atoms with van der Waals surface area (Å²) in [5.74, 6) is -0.442. The Labute approximate surface area is 119 Å². The molecule has 0 radical (unpaired) electrons. The van der Waals surface area contributed by atoms with Crippen LogP contribution in [0.5, 0.6) is 0 Å². The van der Waals surface area contributed by atoms with Crippen molar-refractivity contribution in [1.29, 1.82) is 0 Å². The number of anilines is 2. The number of halogens is 1. The van der Waals surface area contributed by atoms with Gasteiger partial charge in [0.05, 0.1) is 5.56 Å². The predicted molar refractivity (Wildman–Crippen MR) is 78.1 cm³/mol. The van der Waals surface area contributed by atoms with Gasteiger partial charge in [0.15, 0.2) is 0 Å². The number of aryl methyl sites for hydroxylation is 2. The van der Waals surface area contributed by atoms with Gasteiger partial charge < -0.3 is 10.4 Å². The van der Waals surface area contributed by atoms with E-state index in [-0.39, 0.29) is 5.56 Å². The van der Waals surface area contributed by atoms with E-state index in [4.69, 9.17) is 5.11 Å². The molecule has 0 aliphatic heterocycles. The molecule has 0 fully saturated rings. The second-order valence-corrected chi connectivity index (χ2v) is 5.19. The van der Waals surface area contributed by atoms with Gasteiger partial charge in [-0.1, -0.05) is 15.9 Å². The van der Waals surface area contributed by atoms with Crippen LogP contribution in [0, 0.1) is 13.8 Å². The molecule has 0 atom stereocenters. The highest BCUT2D eigenvalue weighted by atomic mass is 79.9. The maximum Gasteiger partial charge on any atom is 0.335 e. The lowest BCUT2D eigenvalue weighted by atomic mass is 10.1. The van der Waals surface area contributed by atoms with Crippen LogP contribution in [0.1, 0.15) is 21.5 Å². The average Bonchev–Trinajstić information content (AvgIpc) is 2.34. The molecule has 0 aliphatic carbocycles. The van der Waals surface area contributed by atoms with E-state index >= 15 is 0 Å². The largest absolute Gasteiger partial charge is 0.478 e. The Morgan fingerprint density at radius 2 is 1.89 bits per heavy atom. The zero-order valence-corrected chi connectivity index (χ0v) is 12.2. The van der Waals surface area contributed by atoms with Crippen molar-refractivity contribution in [3.05, 3.63) is 51.6 Å². The molecule has 1 aromatic carbocycles. The summed E-state index contributed by atoms with van der Waals surface area (Å²) in [4.78, 5) is 15.1. The second-order valence-electron chi connectivity index (χ2n) is 4.27. The SMILES string of the molecule is Cc1cc(Br)cc(C)c1Nc1cc(C(=O)O)ccn1. The maximum absolute atomic E-state index is 10.9. The summed E-state index contributed by atoms with van der Waals surface area (Å²) in [5.41, 5.74) is 3.28. The number of nitrogens with zero attached hydrogens (tertiary/aromatic N) is 1. The van der Waals surface area contributed by atoms with Crippen LogP contribution in [0.4, 0.5) is 11.5 Å². The third-order valence-electron chi connectivity index (χ3n) is 2.76. The molecule has 1 aromatic heterocycles. The molecule has 19 heavy (non-hydrogen) atoms. The van der Waals surface area contributed by atoms with Crippen LogP contribution in [-0.4, -0.2) is 16.1 Å². The molecule has 4 nitrogen and oxygen atoms in total. The minimum Gasteiger partial charge on any atom is -0.478 e. The number of pyridine rings is 1. The first kappa shape index (κ1) is 13.5. The average molecular weight is 321 g/mol. The Balaban J connectivity index is 2.36. The molecule has 0 saturated carbocycles. The van der Waals surface area contributed by atoms with Gasteiger partial charge in [-0.25, -0.2) is 9.78 Å². The number of hydrogen-bond donors (Lipinski definition) is 2. The van der Waals surface area contributed by atoms with Crippen LogP contribution in [0.25, 0.3) is 0 Å². The minimum absolute atomic E-state index is 0.213. The molecular formula is C14H13BrN2O2. The second kappa shape index (κ2) is 5.40. The van der Waals surface area contributed by atoms with E-state index in [0.717, 1.165) is 21.3 Å². The van der Waals surface area contributed by atoms with Crippen molar-refractivity contribution in [3.8, 4) is 0 Å². The first-order chi connectivity index (χ1) is 8.97. The Morgan fingerprint density at radius 3 is 2.47 bits per heavy atom. The fourth-order valence-electron chi connectivity index (χ4n) is 1.87. The number of benzene rings is 1. The molecule has 2 aromatic rings. The number of carboxylic acid groups (broad SMARTS) is 1. The Morgan fingerprint density at radius 1 is 1.26 bits per heavy atom. The molecule has 2 rings (SSSR count). The molecule has 0 amide bonds. The molecular weight excluding hydrogens is 308 g/mol. The van der Waals surface area contributed by atoms with Crippen molar-refractivity contribution in [2.45, 2.75) is 13.8 Å². The van der Waals surface area contributed by atoms with E-state index < -0.39 is 5.97 Å². The van der Waals surface area contributed by atoms with Crippen molar-refractivity contribution >= 4 is 33.4 Å². The highest BCUT2D eigenvalue weighted by Gasteiger charge is 2.08. The molecule has 0 aliphatic rings. The maximum atomic E-state index is 10.9. The van der Waals surface area contributed by atoms with E-state index in [1.54, 1.807) is 0 Å². The van der Waals surface area contributed by atoms with E-state index in [0.29, 0.717) is 5.82 Å². The minimum atomic E-state index is -0.963. The lowest BCUT2D eigenvalue weighted by Gasteiger charge is -2.13. The Bertz CT molecular complexity index is 618. The summed E-state index contributed by atoms with van der Waals surface area (Å²) in [7, 11) is 0. The molecule has 0 spiro atoms. The third kappa shape index (κ3) is 3.12. The number of rotatable bonds is 3. The van der Waals surface area contributed by atoms with Crippen LogP contribution in [0.2, 0.25) is 0 Å². The van der Waals surface area contributed by atoms with Gasteiger partial charge in [-0.15, -0.1) is 0 Å². The summed E-state index contributed by atoms with van der Waals surface area (Å²) in [6.07, 6.45) is 1.48. The van der Waals surface area contributed by atoms with Crippen molar-refractivity contribution in [2.75, 3.05) is 5.32 Å². The molecule has 2 N–H and O–H groups in total. The van der Waals surface area contributed by atoms with Crippen LogP contribution in [0.15, 0.2) is 34.9 Å². The highest BCUT2D eigenvalue weighted by Crippen LogP contribution is 2.27. The smallest absolute Gasteiger partial charge is 0.335 e. The third-order valence-corrected chi connectivity index (χ3v) is 3.22. The van der Waals surface area contributed by atoms with Gasteiger partial charge in [-0.2, -0.15) is 0 Å². The van der Waals surface area contributed by atoms with Crippen molar-refractivity contribution in [2.24, 2.45) is 0 Å². The fraction of sp³-hybridized carbons (Fsp3) is 0.143. The van der Waals surface area contributed by atoms with E-state index in [1.807, 2.05) is 26.0 Å². The van der Waals surface area contributed by atoms with Crippen molar-refractivity contribution in [3.63, 3.8) is 0 Å². The van der Waals surface area contributed by atoms with E-state index in [1.165, 1.54) is 18.3 Å². The summed E-state index contributed by atoms with van der Waals surface area (Å²) < 4.78 is 1.01. The topological polar surface area (TPSA) is 62.2 Å². The molecule has 1 heterocycles. The first-order valence-electron chi connectivity index (χ1n) is 5.70. The van der Waals surface area contributed by atoms with Crippen molar-refractivity contribution in [1.82, 2.24) is 4.98 Å². The van der Waals surface area contributed by atoms with Gasteiger partial charge in [-0.05, 0) is 49.2 Å². The number of carboxylic acids is 1. The number of aromatic nitrogens is 1. The lowest BCUT2D eigenvalue weighted by molar-refractivity contribution is 0.0697. The normalized spacial score (nSPS) is 10.3. The standard InChI is InChI=1S/C14H13BrN2O2/c1-8-5-11(15)6-9(2)13(8)17-12-7-10(14(18)19)3-4-16-12/h3-7H,1-2H3,(H,16,17)(H,18,19). The summed E-state index contributed by atoms with van der Waals surface area (Å²) in [5, 5.41) is 12.1. The first-order valence-corrected chi connectivity index (χ1v) is 6.50. The monoisotopic (exact) mass is 320 g/mol. The molecule has 0 saturated heterocycles. The number of aromatic carboxylic acids is 1. The number of hydrogen-bond acceptors (Lipinski definition) is 3. The van der Waals surface area contributed by atoms with E-state index in [2.05, 4.69) is 26.2 Å². The van der Waals surface area contributed by atoms with Gasteiger partial charge in [0.25, 0.3) is 0 Å². The lowest BCUT2D eigenvalue weighted by Crippen LogP contribution is -2.02. The van der Waals surface area contributed by atoms with Gasteiger partial charge in [0, 0.05) is 16.4 Å². The summed E-state index contributed by atoms with van der Waals surface area (Å²) >= 11 is 3.44. The molecule has 5 heteroatoms. The van der Waals surface area contributed by atoms with Crippen LogP contribution in [0.3, 0.4) is 0 Å². The summed E-state index contributed by atoms with van der Waals surface area (Å²) in [6.45, 7) is 3.97. The number of nitrogens with one attached hydrogen (secondary N) is 1. The molecule has 0 bridgehead atoms. The van der Waals surface area contributed by atoms with E-state index in [9.17, 15) is 4.79 Å². The molecule has 98 valence electrons. The quantitative estimate of drug-likeness (QED) is 0.900. The van der Waals surface area contributed by atoms with Gasteiger partial charge in [0.1, 0.15) is 5.82 Å². The molecule has 0 unspecified atom stereocenters. The zero-order valence-electron chi connectivity index (χ0n) is 10.6. The van der Waals surface area contributed by atoms with Crippen LogP contribution < -0.4 is 5.32 Å². The highest BCUT2D eigenvalue weighted by molar-refractivity contribution is 9.10. The van der Waals surface area contributed by atoms with Crippen LogP contribution >= 0.6 is 15.9 Å². The Kier molecular flexibility index (Phi) is 3.85. The predicted octanol–water partition coefficient (Wildman–Crippen LogP) is 3.90. The van der Waals surface area contributed by atoms with Gasteiger partial charge in [-0.3, -0.25) is 0 Å².